The fraction of sp³-hybridized carbons (Fsp3) is 0.125. The van der Waals surface area contributed by atoms with Crippen molar-refractivity contribution in [3.63, 3.8) is 0 Å². The quantitative estimate of drug-likeness (QED) is 0.539. The highest BCUT2D eigenvalue weighted by Crippen LogP contribution is 2.25. The molecule has 0 spiro atoms. The Morgan fingerprint density at radius 2 is 2.00 bits per heavy atom. The second-order valence-corrected chi connectivity index (χ2v) is 4.61. The van der Waals surface area contributed by atoms with Crippen molar-refractivity contribution >= 4 is 23.1 Å². The minimum absolute atomic E-state index is 0.0870. The van der Waals surface area contributed by atoms with Gasteiger partial charge in [-0.25, -0.2) is 14.2 Å². The van der Waals surface area contributed by atoms with Crippen LogP contribution in [0.25, 0.3) is 5.65 Å². The molecule has 0 aliphatic heterocycles. The second-order valence-electron chi connectivity index (χ2n) is 4.61. The predicted octanol–water partition coefficient (Wildman–Crippen LogP) is 4.07. The number of hydrogen-bond donors (Lipinski definition) is 0. The lowest BCUT2D eigenvalue weighted by Gasteiger charge is -1.99. The largest absolute Gasteiger partial charge is 0.461 e. The van der Waals surface area contributed by atoms with Crippen LogP contribution in [0, 0.1) is 5.82 Å². The zero-order valence-electron chi connectivity index (χ0n) is 12.3. The van der Waals surface area contributed by atoms with Gasteiger partial charge >= 0.3 is 5.97 Å². The molecule has 0 atom stereocenters. The van der Waals surface area contributed by atoms with Crippen LogP contribution in [0.1, 0.15) is 17.4 Å². The molecule has 0 fully saturated rings. The van der Waals surface area contributed by atoms with E-state index in [2.05, 4.69) is 15.2 Å². The summed E-state index contributed by atoms with van der Waals surface area (Å²) in [7, 11) is 0. The number of rotatable bonds is 4. The van der Waals surface area contributed by atoms with Crippen molar-refractivity contribution in [2.24, 2.45) is 10.2 Å². The van der Waals surface area contributed by atoms with Crippen molar-refractivity contribution in [2.75, 3.05) is 6.61 Å². The number of benzene rings is 1. The smallest absolute Gasteiger partial charge is 0.360 e. The summed E-state index contributed by atoms with van der Waals surface area (Å²) < 4.78 is 19.6. The van der Waals surface area contributed by atoms with Crippen LogP contribution in [0.3, 0.4) is 0 Å². The van der Waals surface area contributed by atoms with E-state index in [9.17, 15) is 9.18 Å². The molecule has 3 aromatic rings. The highest BCUT2D eigenvalue weighted by atomic mass is 19.1. The molecule has 1 aromatic carbocycles. The Bertz CT molecular complexity index is 871. The van der Waals surface area contributed by atoms with E-state index in [4.69, 9.17) is 4.74 Å². The van der Waals surface area contributed by atoms with Crippen molar-refractivity contribution < 1.29 is 13.9 Å². The maximum Gasteiger partial charge on any atom is 0.360 e. The van der Waals surface area contributed by atoms with Gasteiger partial charge in [-0.15, -0.1) is 10.2 Å². The predicted molar refractivity (Wildman–Crippen MR) is 81.7 cm³/mol. The first-order valence-electron chi connectivity index (χ1n) is 7.00. The van der Waals surface area contributed by atoms with E-state index in [0.717, 1.165) is 0 Å². The standard InChI is InChI=1S/C16H13FN4O2/c1-2-23-16(22)14-15(21-10-4-3-5-13(21)18-14)20-19-12-8-6-11(17)7-9-12/h3-10H,2H2,1H3. The molecule has 0 N–H and O–H groups in total. The number of esters is 1. The first-order chi connectivity index (χ1) is 11.2. The normalized spacial score (nSPS) is 11.2. The molecule has 6 nitrogen and oxygen atoms in total. The third-order valence-electron chi connectivity index (χ3n) is 3.06. The Morgan fingerprint density at radius 1 is 1.22 bits per heavy atom. The molecule has 0 unspecified atom stereocenters. The maximum atomic E-state index is 12.9. The number of hydrogen-bond acceptors (Lipinski definition) is 5. The molecular weight excluding hydrogens is 299 g/mol. The number of pyridine rings is 1. The van der Waals surface area contributed by atoms with Gasteiger partial charge in [-0.2, -0.15) is 0 Å². The first-order valence-corrected chi connectivity index (χ1v) is 7.00. The van der Waals surface area contributed by atoms with Crippen LogP contribution in [-0.4, -0.2) is 22.0 Å². The first kappa shape index (κ1) is 14.8. The van der Waals surface area contributed by atoms with Crippen molar-refractivity contribution in [1.82, 2.24) is 9.38 Å². The molecular formula is C16H13FN4O2. The maximum absolute atomic E-state index is 12.9. The number of carbonyl (C=O) groups is 1. The van der Waals surface area contributed by atoms with Gasteiger partial charge in [-0.3, -0.25) is 4.40 Å². The van der Waals surface area contributed by atoms with Crippen LogP contribution in [0.4, 0.5) is 15.9 Å². The van der Waals surface area contributed by atoms with Crippen molar-refractivity contribution in [2.45, 2.75) is 6.92 Å². The number of ether oxygens (including phenoxy) is 1. The Morgan fingerprint density at radius 3 is 2.74 bits per heavy atom. The number of halogens is 1. The number of imidazole rings is 1. The van der Waals surface area contributed by atoms with Crippen molar-refractivity contribution in [3.05, 3.63) is 60.2 Å². The van der Waals surface area contributed by atoms with Crippen LogP contribution < -0.4 is 0 Å². The fourth-order valence-corrected chi connectivity index (χ4v) is 2.03. The summed E-state index contributed by atoms with van der Waals surface area (Å²) in [6, 6.07) is 10.9. The SMILES string of the molecule is CCOC(=O)c1nc2ccccn2c1N=Nc1ccc(F)cc1. The molecule has 0 bridgehead atoms. The molecule has 116 valence electrons. The van der Waals surface area contributed by atoms with Gasteiger partial charge in [0.25, 0.3) is 0 Å². The minimum atomic E-state index is -0.566. The Kier molecular flexibility index (Phi) is 4.09. The molecule has 0 aliphatic rings. The number of azo groups is 1. The summed E-state index contributed by atoms with van der Waals surface area (Å²) >= 11 is 0. The van der Waals surface area contributed by atoms with E-state index in [1.165, 1.54) is 24.3 Å². The highest BCUT2D eigenvalue weighted by Gasteiger charge is 2.20. The van der Waals surface area contributed by atoms with Gasteiger partial charge in [0.2, 0.25) is 0 Å². The number of carbonyl (C=O) groups excluding carboxylic acids is 1. The van der Waals surface area contributed by atoms with Crippen molar-refractivity contribution in [1.29, 1.82) is 0 Å². The molecule has 2 aromatic heterocycles. The van der Waals surface area contributed by atoms with Crippen LogP contribution in [0.2, 0.25) is 0 Å². The average molecular weight is 312 g/mol. The van der Waals surface area contributed by atoms with Gasteiger partial charge in [0.1, 0.15) is 11.5 Å². The van der Waals surface area contributed by atoms with Gasteiger partial charge < -0.3 is 4.74 Å². The molecule has 0 amide bonds. The lowest BCUT2D eigenvalue weighted by molar-refractivity contribution is 0.0521. The van der Waals surface area contributed by atoms with E-state index >= 15 is 0 Å². The summed E-state index contributed by atoms with van der Waals surface area (Å²) in [6.07, 6.45) is 1.73. The van der Waals surface area contributed by atoms with E-state index < -0.39 is 5.97 Å². The zero-order valence-corrected chi connectivity index (χ0v) is 12.3. The Labute approximate surface area is 131 Å². The Hall–Kier alpha value is -3.09. The van der Waals surface area contributed by atoms with E-state index in [1.54, 1.807) is 35.7 Å². The molecule has 7 heteroatoms. The molecule has 0 saturated carbocycles. The summed E-state index contributed by atoms with van der Waals surface area (Å²) in [5.74, 6) is -0.654. The van der Waals surface area contributed by atoms with E-state index in [0.29, 0.717) is 11.3 Å². The molecule has 0 aliphatic carbocycles. The number of aromatic nitrogens is 2. The van der Waals surface area contributed by atoms with Crippen LogP contribution >= 0.6 is 0 Å². The Balaban J connectivity index is 2.05. The fourth-order valence-electron chi connectivity index (χ4n) is 2.03. The zero-order chi connectivity index (χ0) is 16.2. The minimum Gasteiger partial charge on any atom is -0.461 e. The highest BCUT2D eigenvalue weighted by molar-refractivity contribution is 5.93. The van der Waals surface area contributed by atoms with Crippen LogP contribution in [0.5, 0.6) is 0 Å². The summed E-state index contributed by atoms with van der Waals surface area (Å²) in [6.45, 7) is 1.95. The molecule has 2 heterocycles. The summed E-state index contributed by atoms with van der Waals surface area (Å²) in [5, 5.41) is 8.13. The van der Waals surface area contributed by atoms with Gasteiger partial charge in [-0.1, -0.05) is 6.07 Å². The second kappa shape index (κ2) is 6.35. The average Bonchev–Trinajstić information content (AvgIpc) is 2.93. The lowest BCUT2D eigenvalue weighted by Crippen LogP contribution is -2.05. The molecule has 0 radical (unpaired) electrons. The third kappa shape index (κ3) is 3.08. The topological polar surface area (TPSA) is 68.3 Å². The monoisotopic (exact) mass is 312 g/mol. The van der Waals surface area contributed by atoms with Gasteiger partial charge in [0, 0.05) is 6.20 Å². The number of fused-ring (bicyclic) bond motifs is 1. The van der Waals surface area contributed by atoms with Gasteiger partial charge in [0.15, 0.2) is 11.5 Å². The lowest BCUT2D eigenvalue weighted by atomic mass is 10.3. The van der Waals surface area contributed by atoms with Crippen LogP contribution in [-0.2, 0) is 4.74 Å². The molecule has 0 saturated heterocycles. The number of nitrogens with zero attached hydrogens (tertiary/aromatic N) is 4. The summed E-state index contributed by atoms with van der Waals surface area (Å²) in [5.41, 5.74) is 1.11. The van der Waals surface area contributed by atoms with Crippen molar-refractivity contribution in [3.8, 4) is 0 Å². The molecule has 23 heavy (non-hydrogen) atoms. The molecule has 3 rings (SSSR count). The third-order valence-corrected chi connectivity index (χ3v) is 3.06. The van der Waals surface area contributed by atoms with E-state index in [1.807, 2.05) is 0 Å². The van der Waals surface area contributed by atoms with Gasteiger partial charge in [0.05, 0.1) is 12.3 Å². The summed E-state index contributed by atoms with van der Waals surface area (Å²) in [4.78, 5) is 16.3. The van der Waals surface area contributed by atoms with Crippen LogP contribution in [0.15, 0.2) is 58.9 Å². The van der Waals surface area contributed by atoms with E-state index in [-0.39, 0.29) is 23.9 Å². The van der Waals surface area contributed by atoms with Gasteiger partial charge in [-0.05, 0) is 43.3 Å².